The Balaban J connectivity index is 2.69. The van der Waals surface area contributed by atoms with Crippen LogP contribution in [0.2, 0.25) is 0 Å². The summed E-state index contributed by atoms with van der Waals surface area (Å²) in [5.74, 6) is -3.85. The van der Waals surface area contributed by atoms with Gasteiger partial charge < -0.3 is 9.84 Å². The summed E-state index contributed by atoms with van der Waals surface area (Å²) in [5, 5.41) is 9.54. The summed E-state index contributed by atoms with van der Waals surface area (Å²) in [6.07, 6.45) is 1.02. The lowest BCUT2D eigenvalue weighted by atomic mass is 9.57. The number of fused-ring (bicyclic) bond motifs is 1. The molecule has 5 nitrogen and oxygen atoms in total. The topological polar surface area (TPSA) is 80.7 Å². The van der Waals surface area contributed by atoms with Crippen molar-refractivity contribution in [2.24, 2.45) is 17.3 Å². The number of hydrogen-bond acceptors (Lipinski definition) is 4. The van der Waals surface area contributed by atoms with E-state index in [0.717, 1.165) is 5.56 Å². The highest BCUT2D eigenvalue weighted by Gasteiger charge is 2.60. The third-order valence-electron chi connectivity index (χ3n) is 4.91. The van der Waals surface area contributed by atoms with Gasteiger partial charge in [-0.2, -0.15) is 0 Å². The molecule has 5 heteroatoms. The zero-order valence-corrected chi connectivity index (χ0v) is 13.7. The molecule has 0 saturated heterocycles. The first-order chi connectivity index (χ1) is 10.9. The van der Waals surface area contributed by atoms with Crippen LogP contribution in [-0.4, -0.2) is 29.4 Å². The Morgan fingerprint density at radius 3 is 2.57 bits per heavy atom. The van der Waals surface area contributed by atoms with Crippen LogP contribution >= 0.6 is 0 Å². The summed E-state index contributed by atoms with van der Waals surface area (Å²) in [6.45, 7) is 5.06. The van der Waals surface area contributed by atoms with Gasteiger partial charge in [-0.05, 0) is 24.8 Å². The van der Waals surface area contributed by atoms with Gasteiger partial charge in [-0.25, -0.2) is 0 Å². The molecule has 3 unspecified atom stereocenters. The highest BCUT2D eigenvalue weighted by molar-refractivity contribution is 6.16. The second-order valence-electron chi connectivity index (χ2n) is 5.94. The summed E-state index contributed by atoms with van der Waals surface area (Å²) in [6, 6.07) is 7.09. The average Bonchev–Trinajstić information content (AvgIpc) is 2.54. The van der Waals surface area contributed by atoms with Crippen molar-refractivity contribution in [3.8, 4) is 0 Å². The Kier molecular flexibility index (Phi) is 4.88. The smallest absolute Gasteiger partial charge is 0.321 e. The van der Waals surface area contributed by atoms with Crippen molar-refractivity contribution in [2.75, 3.05) is 6.61 Å². The Morgan fingerprint density at radius 1 is 1.35 bits per heavy atom. The first kappa shape index (κ1) is 17.2. The van der Waals surface area contributed by atoms with Crippen LogP contribution in [0.1, 0.15) is 43.1 Å². The number of ketones is 1. The van der Waals surface area contributed by atoms with E-state index in [2.05, 4.69) is 0 Å². The van der Waals surface area contributed by atoms with Crippen LogP contribution < -0.4 is 0 Å². The van der Waals surface area contributed by atoms with Crippen LogP contribution in [0.5, 0.6) is 0 Å². The van der Waals surface area contributed by atoms with Gasteiger partial charge in [0.2, 0.25) is 0 Å². The van der Waals surface area contributed by atoms with Gasteiger partial charge in [-0.1, -0.05) is 44.5 Å². The summed E-state index contributed by atoms with van der Waals surface area (Å²) in [7, 11) is 0. The van der Waals surface area contributed by atoms with Gasteiger partial charge >= 0.3 is 11.9 Å². The van der Waals surface area contributed by atoms with Crippen molar-refractivity contribution in [1.82, 2.24) is 0 Å². The summed E-state index contributed by atoms with van der Waals surface area (Å²) >= 11 is 0. The van der Waals surface area contributed by atoms with Gasteiger partial charge in [0.25, 0.3) is 0 Å². The molecule has 0 bridgehead atoms. The van der Waals surface area contributed by atoms with Gasteiger partial charge in [-0.3, -0.25) is 14.4 Å². The second kappa shape index (κ2) is 6.52. The minimum absolute atomic E-state index is 0.109. The Morgan fingerprint density at radius 2 is 2.00 bits per heavy atom. The van der Waals surface area contributed by atoms with Gasteiger partial charge in [0.05, 0.1) is 12.5 Å². The highest BCUT2D eigenvalue weighted by Crippen LogP contribution is 2.48. The van der Waals surface area contributed by atoms with Crippen molar-refractivity contribution in [2.45, 2.75) is 33.6 Å². The van der Waals surface area contributed by atoms with E-state index in [1.807, 2.05) is 19.1 Å². The Hall–Kier alpha value is -2.17. The van der Waals surface area contributed by atoms with Crippen molar-refractivity contribution in [1.29, 1.82) is 0 Å². The lowest BCUT2D eigenvalue weighted by Crippen LogP contribution is -2.56. The zero-order valence-electron chi connectivity index (χ0n) is 13.7. The molecule has 0 saturated carbocycles. The maximum absolute atomic E-state index is 13.2. The van der Waals surface area contributed by atoms with Gasteiger partial charge in [0.1, 0.15) is 5.41 Å². The molecule has 2 rings (SSSR count). The fraction of sp³-hybridized carbons (Fsp3) is 0.500. The molecule has 0 radical (unpaired) electrons. The molecule has 1 N–H and O–H groups in total. The number of Topliss-reactive ketones (excluding diaryl/α,β-unsaturated/α-hetero) is 1. The van der Waals surface area contributed by atoms with Gasteiger partial charge in [0, 0.05) is 5.56 Å². The van der Waals surface area contributed by atoms with Crippen molar-refractivity contribution >= 4 is 17.7 Å². The lowest BCUT2D eigenvalue weighted by Gasteiger charge is -2.43. The van der Waals surface area contributed by atoms with Crippen molar-refractivity contribution in [3.05, 3.63) is 35.4 Å². The number of rotatable bonds is 5. The number of hydrogen-bond donors (Lipinski definition) is 1. The predicted molar refractivity (Wildman–Crippen MR) is 84.1 cm³/mol. The maximum Gasteiger partial charge on any atom is 0.321 e. The van der Waals surface area contributed by atoms with E-state index < -0.39 is 35.0 Å². The van der Waals surface area contributed by atoms with E-state index in [9.17, 15) is 19.5 Å². The molecule has 1 aromatic rings. The molecule has 1 aliphatic carbocycles. The summed E-state index contributed by atoms with van der Waals surface area (Å²) in [5.41, 5.74) is -0.370. The van der Waals surface area contributed by atoms with E-state index in [1.165, 1.54) is 6.92 Å². The van der Waals surface area contributed by atoms with Gasteiger partial charge in [0.15, 0.2) is 5.78 Å². The lowest BCUT2D eigenvalue weighted by molar-refractivity contribution is -0.166. The number of carboxylic acid groups (broad SMARTS) is 1. The third-order valence-corrected chi connectivity index (χ3v) is 4.91. The first-order valence-corrected chi connectivity index (χ1v) is 7.93. The Labute approximate surface area is 135 Å². The molecule has 0 aromatic heterocycles. The molecule has 0 aliphatic heterocycles. The Bertz CT molecular complexity index is 636. The quantitative estimate of drug-likeness (QED) is 0.667. The molecule has 3 atom stereocenters. The largest absolute Gasteiger partial charge is 0.481 e. The van der Waals surface area contributed by atoms with E-state index >= 15 is 0 Å². The summed E-state index contributed by atoms with van der Waals surface area (Å²) < 4.78 is 5.15. The third kappa shape index (κ3) is 2.54. The van der Waals surface area contributed by atoms with Gasteiger partial charge in [-0.15, -0.1) is 0 Å². The molecular weight excluding hydrogens is 296 g/mol. The van der Waals surface area contributed by atoms with E-state index in [4.69, 9.17) is 4.74 Å². The molecule has 1 aromatic carbocycles. The molecule has 23 heavy (non-hydrogen) atoms. The number of ether oxygens (including phenoxy) is 1. The molecule has 0 amide bonds. The van der Waals surface area contributed by atoms with Crippen LogP contribution in [0.15, 0.2) is 24.3 Å². The van der Waals surface area contributed by atoms with E-state index in [0.29, 0.717) is 18.4 Å². The van der Waals surface area contributed by atoms with Crippen LogP contribution in [0.3, 0.4) is 0 Å². The molecule has 0 heterocycles. The number of esters is 1. The van der Waals surface area contributed by atoms with Crippen LogP contribution in [0.25, 0.3) is 0 Å². The number of aliphatic carboxylic acids is 1. The molecular formula is C18H22O5. The zero-order chi connectivity index (χ0) is 17.2. The van der Waals surface area contributed by atoms with Crippen LogP contribution in [0.4, 0.5) is 0 Å². The fourth-order valence-corrected chi connectivity index (χ4v) is 3.65. The van der Waals surface area contributed by atoms with E-state index in [-0.39, 0.29) is 6.61 Å². The second-order valence-corrected chi connectivity index (χ2v) is 5.94. The molecule has 0 fully saturated rings. The van der Waals surface area contributed by atoms with Crippen LogP contribution in [0, 0.1) is 17.3 Å². The van der Waals surface area contributed by atoms with E-state index in [1.54, 1.807) is 19.1 Å². The highest BCUT2D eigenvalue weighted by atomic mass is 16.5. The molecule has 124 valence electrons. The minimum atomic E-state index is -1.66. The maximum atomic E-state index is 13.2. The SMILES string of the molecule is CCOC(=O)C1(C(C)C(=O)O)C(=O)c2ccccc2CC1CC. The molecule has 1 aliphatic rings. The minimum Gasteiger partial charge on any atom is -0.481 e. The monoisotopic (exact) mass is 318 g/mol. The van der Waals surface area contributed by atoms with Crippen molar-refractivity contribution in [3.63, 3.8) is 0 Å². The first-order valence-electron chi connectivity index (χ1n) is 7.93. The fourth-order valence-electron chi connectivity index (χ4n) is 3.65. The summed E-state index contributed by atoms with van der Waals surface area (Å²) in [4.78, 5) is 37.6. The number of carboxylic acids is 1. The van der Waals surface area contributed by atoms with Crippen LogP contribution in [-0.2, 0) is 20.7 Å². The molecule has 0 spiro atoms. The normalized spacial score (nSPS) is 24.7. The number of carbonyl (C=O) groups is 3. The number of benzene rings is 1. The standard InChI is InChI=1S/C18H22O5/c1-4-13-10-12-8-6-7-9-14(12)15(19)18(13,11(3)16(20)21)17(22)23-5-2/h6-9,11,13H,4-5,10H2,1-3H3,(H,20,21). The van der Waals surface area contributed by atoms with Crippen molar-refractivity contribution < 1.29 is 24.2 Å². The number of carbonyl (C=O) groups excluding carboxylic acids is 2. The average molecular weight is 318 g/mol. The predicted octanol–water partition coefficient (Wildman–Crippen LogP) is 2.72.